The normalized spacial score (nSPS) is 25.3. The van der Waals surface area contributed by atoms with E-state index in [1.54, 1.807) is 6.92 Å². The molecular formula is C23H36N2O2. The fraction of sp³-hybridized carbons (Fsp3) is 0.696. The van der Waals surface area contributed by atoms with Gasteiger partial charge in [-0.25, -0.2) is 0 Å². The number of piperidine rings is 1. The van der Waals surface area contributed by atoms with Crippen LogP contribution in [0.15, 0.2) is 30.3 Å². The van der Waals surface area contributed by atoms with Crippen LogP contribution in [0.1, 0.15) is 65.0 Å². The Bertz CT molecular complexity index is 608. The molecule has 2 aliphatic heterocycles. The Morgan fingerprint density at radius 1 is 1.26 bits per heavy atom. The highest BCUT2D eigenvalue weighted by molar-refractivity contribution is 5.73. The molecule has 1 aromatic rings. The predicted molar refractivity (Wildman–Crippen MR) is 110 cm³/mol. The first kappa shape index (κ1) is 20.3. The maximum absolute atomic E-state index is 11.8. The van der Waals surface area contributed by atoms with E-state index >= 15 is 0 Å². The summed E-state index contributed by atoms with van der Waals surface area (Å²) in [5.74, 6) is 0.852. The fourth-order valence-electron chi connectivity index (χ4n) is 4.86. The summed E-state index contributed by atoms with van der Waals surface area (Å²) in [6.07, 6.45) is 4.19. The van der Waals surface area contributed by atoms with Gasteiger partial charge < -0.3 is 14.5 Å². The maximum Gasteiger partial charge on any atom is 0.219 e. The standard InChI is InChI=1S/C23H36N2O2/c1-5-24(17-18(2)3)21-15-22(20-9-7-6-8-10-20)27-23(16-21)11-13-25(14-12-23)19(4)26/h6-10,18,21-22H,5,11-17H2,1-4H3/t21-,22-/m0/s1. The minimum atomic E-state index is -0.0974. The van der Waals surface area contributed by atoms with Gasteiger partial charge in [-0.05, 0) is 43.7 Å². The molecule has 2 saturated heterocycles. The van der Waals surface area contributed by atoms with Crippen LogP contribution >= 0.6 is 0 Å². The molecule has 4 nitrogen and oxygen atoms in total. The van der Waals surface area contributed by atoms with Gasteiger partial charge in [0.1, 0.15) is 0 Å². The summed E-state index contributed by atoms with van der Waals surface area (Å²) in [5.41, 5.74) is 1.19. The van der Waals surface area contributed by atoms with Crippen LogP contribution in [0.2, 0.25) is 0 Å². The number of hydrogen-bond donors (Lipinski definition) is 0. The second-order valence-electron chi connectivity index (χ2n) is 8.78. The number of likely N-dealkylation sites (tertiary alicyclic amines) is 1. The zero-order valence-corrected chi connectivity index (χ0v) is 17.5. The third-order valence-corrected chi connectivity index (χ3v) is 6.30. The molecule has 0 bridgehead atoms. The van der Waals surface area contributed by atoms with Gasteiger partial charge >= 0.3 is 0 Å². The van der Waals surface area contributed by atoms with E-state index in [-0.39, 0.29) is 17.6 Å². The van der Waals surface area contributed by atoms with Crippen LogP contribution in [0.3, 0.4) is 0 Å². The lowest BCUT2D eigenvalue weighted by molar-refractivity contribution is -0.177. The summed E-state index contributed by atoms with van der Waals surface area (Å²) in [4.78, 5) is 16.4. The number of amides is 1. The van der Waals surface area contributed by atoms with Gasteiger partial charge in [0.2, 0.25) is 5.91 Å². The van der Waals surface area contributed by atoms with Crippen molar-refractivity contribution < 1.29 is 9.53 Å². The highest BCUT2D eigenvalue weighted by Gasteiger charge is 2.45. The lowest BCUT2D eigenvalue weighted by Crippen LogP contribution is -2.55. The number of benzene rings is 1. The lowest BCUT2D eigenvalue weighted by Gasteiger charge is -2.51. The molecular weight excluding hydrogens is 336 g/mol. The number of rotatable bonds is 5. The molecule has 0 unspecified atom stereocenters. The Morgan fingerprint density at radius 3 is 2.48 bits per heavy atom. The molecule has 0 radical (unpaired) electrons. The third-order valence-electron chi connectivity index (χ3n) is 6.30. The van der Waals surface area contributed by atoms with Crippen molar-refractivity contribution in [1.82, 2.24) is 9.80 Å². The molecule has 1 spiro atoms. The molecule has 2 atom stereocenters. The summed E-state index contributed by atoms with van der Waals surface area (Å²) in [6.45, 7) is 12.4. The largest absolute Gasteiger partial charge is 0.367 e. The highest BCUT2D eigenvalue weighted by atomic mass is 16.5. The van der Waals surface area contributed by atoms with Crippen LogP contribution in [-0.4, -0.2) is 53.5 Å². The van der Waals surface area contributed by atoms with Crippen molar-refractivity contribution in [2.75, 3.05) is 26.2 Å². The van der Waals surface area contributed by atoms with Crippen LogP contribution in [0.5, 0.6) is 0 Å². The molecule has 2 aliphatic rings. The SMILES string of the molecule is CCN(CC(C)C)[C@H]1C[C@@H](c2ccccc2)OC2(CCN(C(C)=O)CC2)C1. The summed E-state index contributed by atoms with van der Waals surface area (Å²) < 4.78 is 6.79. The number of carbonyl (C=O) groups is 1. The number of nitrogens with zero attached hydrogens (tertiary/aromatic N) is 2. The van der Waals surface area contributed by atoms with E-state index in [1.165, 1.54) is 5.56 Å². The molecule has 1 amide bonds. The molecule has 0 N–H and O–H groups in total. The highest BCUT2D eigenvalue weighted by Crippen LogP contribution is 2.44. The van der Waals surface area contributed by atoms with Crippen molar-refractivity contribution in [3.8, 4) is 0 Å². The first-order valence-electron chi connectivity index (χ1n) is 10.6. The smallest absolute Gasteiger partial charge is 0.219 e. The Kier molecular flexibility index (Phi) is 6.59. The Hall–Kier alpha value is -1.39. The van der Waals surface area contributed by atoms with Crippen molar-refractivity contribution in [3.63, 3.8) is 0 Å². The van der Waals surface area contributed by atoms with Crippen molar-refractivity contribution in [2.24, 2.45) is 5.92 Å². The molecule has 27 heavy (non-hydrogen) atoms. The molecule has 2 heterocycles. The van der Waals surface area contributed by atoms with Gasteiger partial charge in [-0.1, -0.05) is 51.1 Å². The third kappa shape index (κ3) is 4.91. The Balaban J connectivity index is 1.82. The van der Waals surface area contributed by atoms with E-state index < -0.39 is 0 Å². The zero-order chi connectivity index (χ0) is 19.4. The molecule has 3 rings (SSSR count). The molecule has 2 fully saturated rings. The van der Waals surface area contributed by atoms with Crippen molar-refractivity contribution in [3.05, 3.63) is 35.9 Å². The van der Waals surface area contributed by atoms with E-state index in [4.69, 9.17) is 4.74 Å². The van der Waals surface area contributed by atoms with Crippen molar-refractivity contribution in [2.45, 2.75) is 71.1 Å². The topological polar surface area (TPSA) is 32.8 Å². The van der Waals surface area contributed by atoms with E-state index in [1.807, 2.05) is 4.90 Å². The summed E-state index contributed by atoms with van der Waals surface area (Å²) in [7, 11) is 0. The number of carbonyl (C=O) groups excluding carboxylic acids is 1. The lowest BCUT2D eigenvalue weighted by atomic mass is 9.79. The van der Waals surface area contributed by atoms with Crippen LogP contribution in [-0.2, 0) is 9.53 Å². The molecule has 0 saturated carbocycles. The quantitative estimate of drug-likeness (QED) is 0.774. The van der Waals surface area contributed by atoms with Crippen molar-refractivity contribution >= 4 is 5.91 Å². The van der Waals surface area contributed by atoms with Gasteiger partial charge in [0.05, 0.1) is 11.7 Å². The van der Waals surface area contributed by atoms with Crippen LogP contribution in [0.4, 0.5) is 0 Å². The Morgan fingerprint density at radius 2 is 1.93 bits per heavy atom. The van der Waals surface area contributed by atoms with E-state index in [0.29, 0.717) is 12.0 Å². The maximum atomic E-state index is 11.8. The van der Waals surface area contributed by atoms with Crippen molar-refractivity contribution in [1.29, 1.82) is 0 Å². The second kappa shape index (κ2) is 8.74. The summed E-state index contributed by atoms with van der Waals surface area (Å²) >= 11 is 0. The van der Waals surface area contributed by atoms with Gasteiger partial charge in [-0.3, -0.25) is 4.79 Å². The molecule has 0 aromatic heterocycles. The molecule has 150 valence electrons. The number of hydrogen-bond acceptors (Lipinski definition) is 3. The second-order valence-corrected chi connectivity index (χ2v) is 8.78. The number of ether oxygens (including phenoxy) is 1. The van der Waals surface area contributed by atoms with Gasteiger partial charge in [0.25, 0.3) is 0 Å². The van der Waals surface area contributed by atoms with E-state index in [0.717, 1.165) is 51.9 Å². The van der Waals surface area contributed by atoms with Gasteiger partial charge in [0, 0.05) is 32.6 Å². The summed E-state index contributed by atoms with van der Waals surface area (Å²) in [5, 5.41) is 0. The first-order chi connectivity index (χ1) is 12.9. The Labute approximate surface area is 164 Å². The van der Waals surface area contributed by atoms with Crippen LogP contribution < -0.4 is 0 Å². The van der Waals surface area contributed by atoms with Crippen LogP contribution in [0, 0.1) is 5.92 Å². The molecule has 0 aliphatic carbocycles. The van der Waals surface area contributed by atoms with Gasteiger partial charge in [0.15, 0.2) is 0 Å². The average molecular weight is 373 g/mol. The minimum Gasteiger partial charge on any atom is -0.367 e. The van der Waals surface area contributed by atoms with Gasteiger partial charge in [-0.2, -0.15) is 0 Å². The monoisotopic (exact) mass is 372 g/mol. The zero-order valence-electron chi connectivity index (χ0n) is 17.5. The first-order valence-corrected chi connectivity index (χ1v) is 10.6. The van der Waals surface area contributed by atoms with E-state index in [9.17, 15) is 4.79 Å². The molecule has 1 aromatic carbocycles. The summed E-state index contributed by atoms with van der Waals surface area (Å²) in [6, 6.07) is 11.2. The molecule has 4 heteroatoms. The van der Waals surface area contributed by atoms with E-state index in [2.05, 4.69) is 56.0 Å². The van der Waals surface area contributed by atoms with Gasteiger partial charge in [-0.15, -0.1) is 0 Å². The van der Waals surface area contributed by atoms with Crippen LogP contribution in [0.25, 0.3) is 0 Å². The minimum absolute atomic E-state index is 0.0974. The average Bonchev–Trinajstić information content (AvgIpc) is 2.66. The predicted octanol–water partition coefficient (Wildman–Crippen LogP) is 4.27. The fourth-order valence-corrected chi connectivity index (χ4v) is 4.86.